The van der Waals surface area contributed by atoms with Gasteiger partial charge in [-0.25, -0.2) is 22.7 Å². The smallest absolute Gasteiger partial charge is 0.319 e. The number of hydrogen-bond acceptors (Lipinski definition) is 5. The lowest BCUT2D eigenvalue weighted by Crippen LogP contribution is -2.50. The van der Waals surface area contributed by atoms with Crippen molar-refractivity contribution in [2.75, 3.05) is 25.0 Å². The average Bonchev–Trinajstić information content (AvgIpc) is 3.44. The fourth-order valence-electron chi connectivity index (χ4n) is 4.26. The molecular weight excluding hydrogens is 601 g/mol. The van der Waals surface area contributed by atoms with Crippen LogP contribution in [0.3, 0.4) is 0 Å². The molecule has 0 aliphatic heterocycles. The molecule has 1 atom stereocenters. The molecule has 1 aromatic heterocycles. The Kier molecular flexibility index (Phi) is 13.0. The van der Waals surface area contributed by atoms with E-state index in [1.165, 1.54) is 24.5 Å². The van der Waals surface area contributed by atoms with Crippen LogP contribution in [0.5, 0.6) is 0 Å². The summed E-state index contributed by atoms with van der Waals surface area (Å²) >= 11 is 11.9. The third-order valence-corrected chi connectivity index (χ3v) is 8.35. The highest BCUT2D eigenvalue weighted by Crippen LogP contribution is 2.24. The summed E-state index contributed by atoms with van der Waals surface area (Å²) in [5.74, 6) is 0.867. The Labute approximate surface area is 257 Å². The SMILES string of the molecule is CC(C)C[C@H](CN(CCCCNS(=O)(=O)c1ccc(Cl)cc1Cl)C(=O)NCc1ccco1)NC(=O)Nc1ccccc1. The lowest BCUT2D eigenvalue weighted by atomic mass is 10.0. The first kappa shape index (κ1) is 33.3. The summed E-state index contributed by atoms with van der Waals surface area (Å²) in [5.41, 5.74) is 0.661. The van der Waals surface area contributed by atoms with Crippen LogP contribution in [0.25, 0.3) is 0 Å². The van der Waals surface area contributed by atoms with E-state index >= 15 is 0 Å². The predicted molar refractivity (Wildman–Crippen MR) is 165 cm³/mol. The number of anilines is 1. The number of benzene rings is 2. The Bertz CT molecular complexity index is 1390. The van der Waals surface area contributed by atoms with Crippen LogP contribution >= 0.6 is 23.2 Å². The molecule has 4 amide bonds. The van der Waals surface area contributed by atoms with Gasteiger partial charge in [0.2, 0.25) is 10.0 Å². The summed E-state index contributed by atoms with van der Waals surface area (Å²) < 4.78 is 33.2. The zero-order valence-electron chi connectivity index (χ0n) is 23.6. The van der Waals surface area contributed by atoms with Crippen LogP contribution in [0, 0.1) is 5.92 Å². The van der Waals surface area contributed by atoms with Gasteiger partial charge in [-0.2, -0.15) is 0 Å². The zero-order valence-corrected chi connectivity index (χ0v) is 25.9. The molecule has 1 heterocycles. The number of nitrogens with one attached hydrogen (secondary N) is 4. The summed E-state index contributed by atoms with van der Waals surface area (Å²) in [6.45, 7) is 5.05. The molecule has 0 saturated heterocycles. The number of rotatable bonds is 15. The van der Waals surface area contributed by atoms with E-state index in [9.17, 15) is 18.0 Å². The van der Waals surface area contributed by atoms with Crippen molar-refractivity contribution in [1.29, 1.82) is 0 Å². The first-order valence-corrected chi connectivity index (χ1v) is 15.9. The van der Waals surface area contributed by atoms with Crippen molar-refractivity contribution in [3.63, 3.8) is 0 Å². The minimum absolute atomic E-state index is 0.0365. The van der Waals surface area contributed by atoms with Gasteiger partial charge in [-0.3, -0.25) is 0 Å². The monoisotopic (exact) mass is 637 g/mol. The molecule has 2 aromatic carbocycles. The second-order valence-corrected chi connectivity index (χ2v) is 12.7. The number of halogens is 2. The molecular formula is C29H37Cl2N5O5S. The van der Waals surface area contributed by atoms with Crippen molar-refractivity contribution in [3.05, 3.63) is 82.7 Å². The number of para-hydroxylation sites is 1. The number of nitrogens with zero attached hydrogens (tertiary/aromatic N) is 1. The molecule has 0 radical (unpaired) electrons. The maximum Gasteiger partial charge on any atom is 0.319 e. The predicted octanol–water partition coefficient (Wildman–Crippen LogP) is 6.09. The largest absolute Gasteiger partial charge is 0.467 e. The van der Waals surface area contributed by atoms with Crippen molar-refractivity contribution in [1.82, 2.24) is 20.3 Å². The van der Waals surface area contributed by atoms with Crippen LogP contribution in [0.15, 0.2) is 76.2 Å². The molecule has 3 aromatic rings. The molecule has 4 N–H and O–H groups in total. The van der Waals surface area contributed by atoms with Crippen molar-refractivity contribution in [2.24, 2.45) is 5.92 Å². The lowest BCUT2D eigenvalue weighted by Gasteiger charge is -2.29. The van der Waals surface area contributed by atoms with Gasteiger partial charge in [0, 0.05) is 36.4 Å². The van der Waals surface area contributed by atoms with E-state index in [1.54, 1.807) is 29.2 Å². The molecule has 0 aliphatic rings. The third kappa shape index (κ3) is 11.2. The Morgan fingerprint density at radius 3 is 2.43 bits per heavy atom. The van der Waals surface area contributed by atoms with Gasteiger partial charge in [0.1, 0.15) is 10.7 Å². The first-order chi connectivity index (χ1) is 20.0. The Balaban J connectivity index is 1.61. The Morgan fingerprint density at radius 2 is 1.76 bits per heavy atom. The highest BCUT2D eigenvalue weighted by molar-refractivity contribution is 7.89. The van der Waals surface area contributed by atoms with Crippen molar-refractivity contribution < 1.29 is 22.4 Å². The standard InChI is InChI=1S/C29H37Cl2N5O5S/c1-21(2)17-24(35-28(37)34-23-9-4-3-5-10-23)20-36(29(38)32-19-25-11-8-16-41-25)15-7-6-14-33-42(39,40)27-13-12-22(30)18-26(27)31/h3-5,8-13,16,18,21,24,33H,6-7,14-15,17,19-20H2,1-2H3,(H,32,38)(H2,34,35,37)/t24-/m1/s1. The molecule has 0 fully saturated rings. The number of carbonyl (C=O) groups is 2. The van der Waals surface area contributed by atoms with Crippen LogP contribution in [0.1, 0.15) is 38.9 Å². The third-order valence-electron chi connectivity index (χ3n) is 6.18. The lowest BCUT2D eigenvalue weighted by molar-refractivity contribution is 0.184. The number of urea groups is 2. The van der Waals surface area contributed by atoms with E-state index in [0.29, 0.717) is 42.3 Å². The van der Waals surface area contributed by atoms with E-state index in [4.69, 9.17) is 27.6 Å². The minimum Gasteiger partial charge on any atom is -0.467 e. The van der Waals surface area contributed by atoms with Crippen molar-refractivity contribution in [3.8, 4) is 0 Å². The fourth-order valence-corrected chi connectivity index (χ4v) is 6.10. The van der Waals surface area contributed by atoms with E-state index < -0.39 is 10.0 Å². The second-order valence-electron chi connectivity index (χ2n) is 10.2. The number of unbranched alkanes of at least 4 members (excludes halogenated alkanes) is 1. The summed E-state index contributed by atoms with van der Waals surface area (Å²) in [7, 11) is -3.83. The van der Waals surface area contributed by atoms with Crippen LogP contribution in [0.2, 0.25) is 10.0 Å². The van der Waals surface area contributed by atoms with Crippen LogP contribution in [-0.2, 0) is 16.6 Å². The topological polar surface area (TPSA) is 133 Å². The molecule has 3 rings (SSSR count). The molecule has 0 aliphatic carbocycles. The van der Waals surface area contributed by atoms with Gasteiger partial charge in [0.05, 0.1) is 17.8 Å². The summed E-state index contributed by atoms with van der Waals surface area (Å²) in [6, 6.07) is 15.8. The maximum atomic E-state index is 13.2. The van der Waals surface area contributed by atoms with Crippen LogP contribution in [-0.4, -0.2) is 51.1 Å². The first-order valence-electron chi connectivity index (χ1n) is 13.7. The van der Waals surface area contributed by atoms with Gasteiger partial charge in [0.15, 0.2) is 0 Å². The molecule has 0 bridgehead atoms. The summed E-state index contributed by atoms with van der Waals surface area (Å²) in [4.78, 5) is 27.5. The Hall–Kier alpha value is -3.25. The summed E-state index contributed by atoms with van der Waals surface area (Å²) in [5, 5.41) is 9.06. The van der Waals surface area contributed by atoms with Crippen molar-refractivity contribution >= 4 is 51.0 Å². The highest BCUT2D eigenvalue weighted by Gasteiger charge is 2.22. The minimum atomic E-state index is -3.83. The number of hydrogen-bond donors (Lipinski definition) is 4. The van der Waals surface area contributed by atoms with Crippen LogP contribution < -0.4 is 20.7 Å². The second kappa shape index (κ2) is 16.4. The molecule has 0 saturated carbocycles. The molecule has 0 unspecified atom stereocenters. The molecule has 0 spiro atoms. The zero-order chi connectivity index (χ0) is 30.5. The Morgan fingerprint density at radius 1 is 1.00 bits per heavy atom. The van der Waals surface area contributed by atoms with Gasteiger partial charge in [-0.15, -0.1) is 0 Å². The van der Waals surface area contributed by atoms with Crippen LogP contribution in [0.4, 0.5) is 15.3 Å². The van der Waals surface area contributed by atoms with Gasteiger partial charge in [0.25, 0.3) is 0 Å². The van der Waals surface area contributed by atoms with Gasteiger partial charge in [-0.1, -0.05) is 55.2 Å². The van der Waals surface area contributed by atoms with E-state index in [-0.39, 0.29) is 53.6 Å². The van der Waals surface area contributed by atoms with Gasteiger partial charge < -0.3 is 25.3 Å². The van der Waals surface area contributed by atoms with E-state index in [1.807, 2.05) is 32.0 Å². The van der Waals surface area contributed by atoms with E-state index in [2.05, 4.69) is 20.7 Å². The highest BCUT2D eigenvalue weighted by atomic mass is 35.5. The fraction of sp³-hybridized carbons (Fsp3) is 0.379. The number of furan rings is 1. The molecule has 228 valence electrons. The van der Waals surface area contributed by atoms with Crippen molar-refractivity contribution in [2.45, 2.75) is 50.6 Å². The number of amides is 4. The number of sulfonamides is 1. The summed E-state index contributed by atoms with van der Waals surface area (Å²) in [6.07, 6.45) is 3.15. The quantitative estimate of drug-likeness (QED) is 0.150. The van der Waals surface area contributed by atoms with Gasteiger partial charge >= 0.3 is 12.1 Å². The number of carbonyl (C=O) groups excluding carboxylic acids is 2. The molecule has 13 heteroatoms. The van der Waals surface area contributed by atoms with Gasteiger partial charge in [-0.05, 0) is 67.6 Å². The van der Waals surface area contributed by atoms with E-state index in [0.717, 1.165) is 0 Å². The molecule has 42 heavy (non-hydrogen) atoms. The molecule has 10 nitrogen and oxygen atoms in total. The normalized spacial score (nSPS) is 12.1. The average molecular weight is 639 g/mol. The maximum absolute atomic E-state index is 13.2.